The summed E-state index contributed by atoms with van der Waals surface area (Å²) in [7, 11) is 3.71. The van der Waals surface area contributed by atoms with Gasteiger partial charge in [0.15, 0.2) is 18.1 Å². The highest BCUT2D eigenvalue weighted by Crippen LogP contribution is 2.26. The average Bonchev–Trinajstić information content (AvgIpc) is 2.75. The number of halogens is 1. The van der Waals surface area contributed by atoms with E-state index in [-0.39, 0.29) is 18.6 Å². The summed E-state index contributed by atoms with van der Waals surface area (Å²) in [5, 5.41) is 3.73. The molecule has 1 heterocycles. The zero-order valence-electron chi connectivity index (χ0n) is 16.9. The van der Waals surface area contributed by atoms with E-state index in [0.29, 0.717) is 23.1 Å². The van der Waals surface area contributed by atoms with Crippen molar-refractivity contribution in [3.8, 4) is 11.5 Å². The maximum Gasteiger partial charge on any atom is 0.258 e. The van der Waals surface area contributed by atoms with Crippen molar-refractivity contribution < 1.29 is 14.3 Å². The molecule has 0 saturated carbocycles. The minimum Gasteiger partial charge on any atom is -0.493 e. The van der Waals surface area contributed by atoms with Crippen LogP contribution in [-0.4, -0.2) is 69.2 Å². The topological polar surface area (TPSA) is 54.0 Å². The number of hydrogen-bond donors (Lipinski definition) is 1. The lowest BCUT2D eigenvalue weighted by Crippen LogP contribution is -2.48. The number of carbonyl (C=O) groups excluding carboxylic acids is 1. The standard InChI is InChI=1S/C22H28ClN3O3/c1-25-11-13-26(14-12-25)19(17-7-9-18(23)10-8-17)15-24-22(27)16-29-21-6-4-3-5-20(21)28-2/h3-10,19H,11-16H2,1-2H3,(H,24,27)/t19-/m0/s1. The van der Waals surface area contributed by atoms with Gasteiger partial charge in [-0.05, 0) is 36.9 Å². The second kappa shape index (κ2) is 10.5. The fraction of sp³-hybridized carbons (Fsp3) is 0.409. The molecule has 1 aliphatic heterocycles. The van der Waals surface area contributed by atoms with E-state index in [1.54, 1.807) is 19.2 Å². The lowest BCUT2D eigenvalue weighted by Gasteiger charge is -2.38. The number of nitrogens with zero attached hydrogens (tertiary/aromatic N) is 2. The highest BCUT2D eigenvalue weighted by molar-refractivity contribution is 6.30. The third-order valence-electron chi connectivity index (χ3n) is 5.15. The Labute approximate surface area is 177 Å². The van der Waals surface area contributed by atoms with Crippen LogP contribution in [-0.2, 0) is 4.79 Å². The molecule has 0 bridgehead atoms. The van der Waals surface area contributed by atoms with Crippen LogP contribution in [0.3, 0.4) is 0 Å². The lowest BCUT2D eigenvalue weighted by molar-refractivity contribution is -0.123. The first-order valence-electron chi connectivity index (χ1n) is 9.77. The molecule has 6 nitrogen and oxygen atoms in total. The van der Waals surface area contributed by atoms with E-state index in [1.165, 1.54) is 0 Å². The van der Waals surface area contributed by atoms with Crippen molar-refractivity contribution in [1.29, 1.82) is 0 Å². The Morgan fingerprint density at radius 3 is 2.38 bits per heavy atom. The summed E-state index contributed by atoms with van der Waals surface area (Å²) in [4.78, 5) is 17.1. The van der Waals surface area contributed by atoms with Gasteiger partial charge in [-0.25, -0.2) is 0 Å². The Kier molecular flexibility index (Phi) is 7.75. The predicted octanol–water partition coefficient (Wildman–Crippen LogP) is 2.83. The summed E-state index contributed by atoms with van der Waals surface area (Å²) in [6.07, 6.45) is 0. The predicted molar refractivity (Wildman–Crippen MR) is 115 cm³/mol. The maximum absolute atomic E-state index is 12.4. The summed E-state index contributed by atoms with van der Waals surface area (Å²) in [5.74, 6) is 0.999. The van der Waals surface area contributed by atoms with E-state index in [1.807, 2.05) is 36.4 Å². The van der Waals surface area contributed by atoms with Gasteiger partial charge in [-0.1, -0.05) is 35.9 Å². The highest BCUT2D eigenvalue weighted by atomic mass is 35.5. The molecule has 1 saturated heterocycles. The quantitative estimate of drug-likeness (QED) is 0.715. The largest absolute Gasteiger partial charge is 0.493 e. The summed E-state index contributed by atoms with van der Waals surface area (Å²) >= 11 is 6.06. The van der Waals surface area contributed by atoms with Crippen LogP contribution in [0.5, 0.6) is 11.5 Å². The SMILES string of the molecule is COc1ccccc1OCC(=O)NC[C@@H](c1ccc(Cl)cc1)N1CCN(C)CC1. The van der Waals surface area contributed by atoms with Crippen molar-refractivity contribution in [3.05, 3.63) is 59.1 Å². The number of carbonyl (C=O) groups is 1. The minimum absolute atomic E-state index is 0.0591. The normalized spacial score (nSPS) is 16.2. The number of para-hydroxylation sites is 2. The van der Waals surface area contributed by atoms with Crippen LogP contribution in [0.25, 0.3) is 0 Å². The van der Waals surface area contributed by atoms with E-state index in [2.05, 4.69) is 22.2 Å². The van der Waals surface area contributed by atoms with Gasteiger partial charge in [0.25, 0.3) is 5.91 Å². The van der Waals surface area contributed by atoms with Crippen LogP contribution in [0.1, 0.15) is 11.6 Å². The van der Waals surface area contributed by atoms with Crippen LogP contribution in [0.15, 0.2) is 48.5 Å². The number of nitrogens with one attached hydrogen (secondary N) is 1. The minimum atomic E-state index is -0.163. The molecule has 1 aliphatic rings. The third-order valence-corrected chi connectivity index (χ3v) is 5.41. The first-order valence-corrected chi connectivity index (χ1v) is 10.1. The second-order valence-corrected chi connectivity index (χ2v) is 7.59. The van der Waals surface area contributed by atoms with Crippen LogP contribution < -0.4 is 14.8 Å². The van der Waals surface area contributed by atoms with E-state index in [4.69, 9.17) is 21.1 Å². The summed E-state index contributed by atoms with van der Waals surface area (Å²) in [6.45, 7) is 4.38. The molecule has 1 amide bonds. The van der Waals surface area contributed by atoms with Gasteiger partial charge >= 0.3 is 0 Å². The molecule has 156 valence electrons. The van der Waals surface area contributed by atoms with Crippen molar-refractivity contribution >= 4 is 17.5 Å². The Bertz CT molecular complexity index is 792. The van der Waals surface area contributed by atoms with E-state index < -0.39 is 0 Å². The van der Waals surface area contributed by atoms with Gasteiger partial charge in [-0.2, -0.15) is 0 Å². The van der Waals surface area contributed by atoms with Gasteiger partial charge in [0.1, 0.15) is 0 Å². The number of amides is 1. The Balaban J connectivity index is 1.60. The fourth-order valence-electron chi connectivity index (χ4n) is 3.42. The first kappa shape index (κ1) is 21.4. The zero-order valence-corrected chi connectivity index (χ0v) is 17.7. The van der Waals surface area contributed by atoms with Crippen molar-refractivity contribution in [1.82, 2.24) is 15.1 Å². The smallest absolute Gasteiger partial charge is 0.258 e. The van der Waals surface area contributed by atoms with Gasteiger partial charge in [-0.15, -0.1) is 0 Å². The molecule has 2 aromatic carbocycles. The summed E-state index contributed by atoms with van der Waals surface area (Å²) in [5.41, 5.74) is 1.14. The maximum atomic E-state index is 12.4. The van der Waals surface area contributed by atoms with Crippen molar-refractivity contribution in [3.63, 3.8) is 0 Å². The Morgan fingerprint density at radius 2 is 1.72 bits per heavy atom. The van der Waals surface area contributed by atoms with Crippen molar-refractivity contribution in [2.75, 3.05) is 53.5 Å². The van der Waals surface area contributed by atoms with Gasteiger partial charge in [-0.3, -0.25) is 9.69 Å². The van der Waals surface area contributed by atoms with Crippen LogP contribution in [0, 0.1) is 0 Å². The zero-order chi connectivity index (χ0) is 20.6. The first-order chi connectivity index (χ1) is 14.1. The van der Waals surface area contributed by atoms with Crippen LogP contribution in [0.4, 0.5) is 0 Å². The molecule has 29 heavy (non-hydrogen) atoms. The van der Waals surface area contributed by atoms with Crippen molar-refractivity contribution in [2.45, 2.75) is 6.04 Å². The third kappa shape index (κ3) is 6.10. The summed E-state index contributed by atoms with van der Waals surface area (Å²) in [6, 6.07) is 15.2. The number of ether oxygens (including phenoxy) is 2. The molecule has 0 aliphatic carbocycles. The molecule has 2 aromatic rings. The van der Waals surface area contributed by atoms with Gasteiger partial charge in [0, 0.05) is 37.7 Å². The fourth-order valence-corrected chi connectivity index (χ4v) is 3.55. The number of hydrogen-bond acceptors (Lipinski definition) is 5. The number of likely N-dealkylation sites (N-methyl/N-ethyl adjacent to an activating group) is 1. The van der Waals surface area contributed by atoms with Gasteiger partial charge in [0.05, 0.1) is 13.2 Å². The molecule has 0 unspecified atom stereocenters. The van der Waals surface area contributed by atoms with Crippen LogP contribution in [0.2, 0.25) is 5.02 Å². The molecule has 1 fully saturated rings. The number of methoxy groups -OCH3 is 1. The molecule has 0 spiro atoms. The molecular weight excluding hydrogens is 390 g/mol. The number of rotatable bonds is 8. The number of piperazine rings is 1. The number of benzene rings is 2. The second-order valence-electron chi connectivity index (χ2n) is 7.15. The highest BCUT2D eigenvalue weighted by Gasteiger charge is 2.24. The molecule has 0 radical (unpaired) electrons. The summed E-state index contributed by atoms with van der Waals surface area (Å²) < 4.78 is 10.9. The molecule has 7 heteroatoms. The Morgan fingerprint density at radius 1 is 1.07 bits per heavy atom. The lowest BCUT2D eigenvalue weighted by atomic mass is 10.0. The van der Waals surface area contributed by atoms with E-state index in [9.17, 15) is 4.79 Å². The molecular formula is C22H28ClN3O3. The van der Waals surface area contributed by atoms with Crippen molar-refractivity contribution in [2.24, 2.45) is 0 Å². The monoisotopic (exact) mass is 417 g/mol. The molecule has 3 rings (SSSR count). The van der Waals surface area contributed by atoms with Gasteiger partial charge < -0.3 is 19.7 Å². The van der Waals surface area contributed by atoms with Gasteiger partial charge in [0.2, 0.25) is 0 Å². The van der Waals surface area contributed by atoms with E-state index >= 15 is 0 Å². The Hall–Kier alpha value is -2.28. The average molecular weight is 418 g/mol. The molecule has 1 atom stereocenters. The van der Waals surface area contributed by atoms with Crippen LogP contribution >= 0.6 is 11.6 Å². The molecule has 1 N–H and O–H groups in total. The molecule has 0 aromatic heterocycles. The van der Waals surface area contributed by atoms with E-state index in [0.717, 1.165) is 31.7 Å².